The number of alkyl halides is 1. The van der Waals surface area contributed by atoms with Crippen LogP contribution in [0, 0.1) is 17.8 Å². The van der Waals surface area contributed by atoms with Gasteiger partial charge in [0.2, 0.25) is 5.79 Å². The lowest BCUT2D eigenvalue weighted by Crippen LogP contribution is -2.70. The van der Waals surface area contributed by atoms with Gasteiger partial charge in [-0.15, -0.1) is 18.2 Å². The molecule has 10 nitrogen and oxygen atoms in total. The Morgan fingerprint density at radius 2 is 1.71 bits per heavy atom. The van der Waals surface area contributed by atoms with Crippen LogP contribution in [-0.2, 0) is 14.3 Å². The zero-order valence-electron chi connectivity index (χ0n) is 33.9. The monoisotopic (exact) mass is 814 g/mol. The first-order valence-corrected chi connectivity index (χ1v) is 21.5. The molecule has 1 aliphatic heterocycles. The molecule has 2 aliphatic carbocycles. The van der Waals surface area contributed by atoms with E-state index in [4.69, 9.17) is 40.5 Å². The van der Waals surface area contributed by atoms with Crippen LogP contribution in [0.15, 0.2) is 102 Å². The largest absolute Gasteiger partial charge is 0.459 e. The van der Waals surface area contributed by atoms with Gasteiger partial charge >= 0.3 is 6.09 Å². The predicted molar refractivity (Wildman–Crippen MR) is 228 cm³/mol. The SMILES string of the molecule is C=CCOC12Oc3ccc(Oc4ccc(-c5ccccc5)cc4)cc3C3C(CCCCO)C(CCCCO)C=C(C(=NOCC)CC1N(CCC)C(=O)OCCCl)C32. The maximum absolute atomic E-state index is 14.0. The zero-order chi connectivity index (χ0) is 40.9. The van der Waals surface area contributed by atoms with Crippen LogP contribution in [0.25, 0.3) is 11.1 Å². The van der Waals surface area contributed by atoms with E-state index in [9.17, 15) is 15.0 Å². The quantitative estimate of drug-likeness (QED) is 0.0472. The summed E-state index contributed by atoms with van der Waals surface area (Å²) >= 11 is 6.01. The second-order valence-electron chi connectivity index (χ2n) is 15.2. The minimum absolute atomic E-state index is 0.0643. The standard InChI is InChI=1S/C47H59ClN2O8/c1-4-25-50(46(53)54-29-24-48)43-32-41(49-56-6-3)39-30-35(16-10-12-26-51)38(17-11-13-27-52)44-40-31-37(22-23-42(40)58-47(43,45(39)44)55-28-5-2)57-36-20-18-34(19-21-36)33-14-8-7-9-15-33/h5,7-9,14-15,18-23,30-31,35,38,43-45,51-52H,2,4,6,10-13,16-17,24-29,32H2,1,3H3. The number of hydrogen-bond acceptors (Lipinski definition) is 9. The van der Waals surface area contributed by atoms with Crippen molar-refractivity contribution >= 4 is 23.4 Å². The lowest BCUT2D eigenvalue weighted by atomic mass is 9.55. The average Bonchev–Trinajstić information content (AvgIpc) is 3.25. The highest BCUT2D eigenvalue weighted by Gasteiger charge is 2.65. The summed E-state index contributed by atoms with van der Waals surface area (Å²) in [6, 6.07) is 23.6. The molecule has 1 heterocycles. The summed E-state index contributed by atoms with van der Waals surface area (Å²) in [5, 5.41) is 24.5. The Bertz CT molecular complexity index is 1850. The maximum atomic E-state index is 14.0. The van der Waals surface area contributed by atoms with Crippen LogP contribution in [0.1, 0.15) is 76.7 Å². The molecule has 1 amide bonds. The normalized spacial score (nSPS) is 23.8. The first kappa shape index (κ1) is 43.2. The number of rotatable bonds is 21. The summed E-state index contributed by atoms with van der Waals surface area (Å²) in [6.45, 7) is 9.16. The van der Waals surface area contributed by atoms with Crippen molar-refractivity contribution in [2.75, 3.05) is 45.5 Å². The number of allylic oxidation sites excluding steroid dienone is 1. The van der Waals surface area contributed by atoms with E-state index in [0.717, 1.165) is 53.7 Å². The topological polar surface area (TPSA) is 119 Å². The van der Waals surface area contributed by atoms with Crippen molar-refractivity contribution in [2.45, 2.75) is 83.0 Å². The average molecular weight is 815 g/mol. The van der Waals surface area contributed by atoms with Crippen LogP contribution in [0.2, 0.25) is 0 Å². The van der Waals surface area contributed by atoms with Crippen molar-refractivity contribution in [1.82, 2.24) is 4.90 Å². The highest BCUT2D eigenvalue weighted by Crippen LogP contribution is 2.62. The predicted octanol–water partition coefficient (Wildman–Crippen LogP) is 9.89. The molecule has 2 N–H and O–H groups in total. The van der Waals surface area contributed by atoms with Gasteiger partial charge < -0.3 is 34.0 Å². The Morgan fingerprint density at radius 3 is 2.40 bits per heavy atom. The third-order valence-corrected chi connectivity index (χ3v) is 11.7. The Kier molecular flexibility index (Phi) is 15.7. The second-order valence-corrected chi connectivity index (χ2v) is 15.6. The van der Waals surface area contributed by atoms with Gasteiger partial charge in [0, 0.05) is 37.7 Å². The summed E-state index contributed by atoms with van der Waals surface area (Å²) in [5.41, 5.74) is 4.93. The van der Waals surface area contributed by atoms with Gasteiger partial charge in [0.15, 0.2) is 0 Å². The molecule has 1 fully saturated rings. The number of benzene rings is 3. The Labute approximate surface area is 348 Å². The highest BCUT2D eigenvalue weighted by molar-refractivity contribution is 6.18. The fourth-order valence-corrected chi connectivity index (χ4v) is 9.24. The molecular formula is C47H59ClN2O8. The number of fused-ring (bicyclic) bond motifs is 2. The molecule has 58 heavy (non-hydrogen) atoms. The fourth-order valence-electron chi connectivity index (χ4n) is 9.16. The van der Waals surface area contributed by atoms with Gasteiger partial charge in [-0.1, -0.05) is 79.5 Å². The summed E-state index contributed by atoms with van der Waals surface area (Å²) in [6.07, 6.45) is 9.24. The van der Waals surface area contributed by atoms with E-state index in [0.29, 0.717) is 56.1 Å². The number of carbonyl (C=O) groups excluding carboxylic acids is 1. The van der Waals surface area contributed by atoms with Crippen LogP contribution in [0.4, 0.5) is 4.79 Å². The summed E-state index contributed by atoms with van der Waals surface area (Å²) < 4.78 is 26.5. The zero-order valence-corrected chi connectivity index (χ0v) is 34.7. The number of amides is 1. The van der Waals surface area contributed by atoms with Crippen LogP contribution in [0.3, 0.4) is 0 Å². The van der Waals surface area contributed by atoms with Crippen molar-refractivity contribution in [3.63, 3.8) is 0 Å². The third-order valence-electron chi connectivity index (χ3n) is 11.5. The maximum Gasteiger partial charge on any atom is 0.410 e. The number of aliphatic hydroxyl groups excluding tert-OH is 2. The fraction of sp³-hybridized carbons (Fsp3) is 0.489. The number of oxime groups is 1. The lowest BCUT2D eigenvalue weighted by molar-refractivity contribution is -0.255. The second kappa shape index (κ2) is 21.1. The van der Waals surface area contributed by atoms with Gasteiger partial charge in [0.1, 0.15) is 36.5 Å². The van der Waals surface area contributed by atoms with Gasteiger partial charge in [-0.05, 0) is 97.9 Å². The van der Waals surface area contributed by atoms with Crippen LogP contribution < -0.4 is 9.47 Å². The van der Waals surface area contributed by atoms with Crippen molar-refractivity contribution in [2.24, 2.45) is 22.9 Å². The van der Waals surface area contributed by atoms with Crippen LogP contribution in [-0.4, -0.2) is 84.2 Å². The summed E-state index contributed by atoms with van der Waals surface area (Å²) in [7, 11) is 0. The number of unbranched alkanes of at least 4 members (excludes halogenated alkanes) is 2. The summed E-state index contributed by atoms with van der Waals surface area (Å²) in [5.74, 6) is 0.441. The van der Waals surface area contributed by atoms with Gasteiger partial charge in [0.05, 0.1) is 24.1 Å². The van der Waals surface area contributed by atoms with Gasteiger partial charge in [-0.3, -0.25) is 4.90 Å². The molecule has 0 spiro atoms. The molecule has 0 radical (unpaired) electrons. The molecule has 0 aromatic heterocycles. The number of halogens is 1. The number of aliphatic hydroxyl groups is 2. The first-order valence-electron chi connectivity index (χ1n) is 21.0. The molecule has 6 unspecified atom stereocenters. The number of nitrogens with zero attached hydrogens (tertiary/aromatic N) is 2. The van der Waals surface area contributed by atoms with Crippen molar-refractivity contribution in [3.05, 3.63) is 103 Å². The number of carbonyl (C=O) groups is 1. The molecule has 0 bridgehead atoms. The molecular weight excluding hydrogens is 756 g/mol. The van der Waals surface area contributed by atoms with E-state index in [1.807, 2.05) is 56.3 Å². The highest BCUT2D eigenvalue weighted by atomic mass is 35.5. The Hall–Kier alpha value is -4.35. The van der Waals surface area contributed by atoms with Gasteiger partial charge in [0.25, 0.3) is 0 Å². The third kappa shape index (κ3) is 9.57. The first-order chi connectivity index (χ1) is 28.4. The molecule has 3 aromatic rings. The molecule has 11 heteroatoms. The van der Waals surface area contributed by atoms with Crippen molar-refractivity contribution in [1.29, 1.82) is 0 Å². The summed E-state index contributed by atoms with van der Waals surface area (Å²) in [4.78, 5) is 21.6. The van der Waals surface area contributed by atoms with Gasteiger partial charge in [-0.25, -0.2) is 4.79 Å². The van der Waals surface area contributed by atoms with Crippen molar-refractivity contribution in [3.8, 4) is 28.4 Å². The van der Waals surface area contributed by atoms with E-state index in [2.05, 4.69) is 43.0 Å². The molecule has 6 rings (SSSR count). The van der Waals surface area contributed by atoms with E-state index in [-0.39, 0.29) is 50.1 Å². The molecule has 312 valence electrons. The number of ether oxygens (including phenoxy) is 4. The van der Waals surface area contributed by atoms with E-state index in [1.54, 1.807) is 11.0 Å². The lowest BCUT2D eigenvalue weighted by Gasteiger charge is -2.59. The Morgan fingerprint density at radius 1 is 0.983 bits per heavy atom. The van der Waals surface area contributed by atoms with Gasteiger partial charge in [-0.2, -0.15) is 0 Å². The van der Waals surface area contributed by atoms with Crippen LogP contribution in [0.5, 0.6) is 17.2 Å². The van der Waals surface area contributed by atoms with E-state index < -0.39 is 23.8 Å². The molecule has 6 atom stereocenters. The Balaban J connectivity index is 1.53. The molecule has 3 aliphatic rings. The van der Waals surface area contributed by atoms with Crippen LogP contribution >= 0.6 is 11.6 Å². The molecule has 3 aromatic carbocycles. The van der Waals surface area contributed by atoms with E-state index >= 15 is 0 Å². The molecule has 0 saturated heterocycles. The number of hydrogen-bond donors (Lipinski definition) is 2. The smallest absolute Gasteiger partial charge is 0.410 e. The minimum atomic E-state index is -1.36. The van der Waals surface area contributed by atoms with Crippen molar-refractivity contribution < 1.29 is 38.8 Å². The minimum Gasteiger partial charge on any atom is -0.459 e. The van der Waals surface area contributed by atoms with E-state index in [1.165, 1.54) is 0 Å². The molecule has 1 saturated carbocycles.